The van der Waals surface area contributed by atoms with Crippen LogP contribution in [0.15, 0.2) is 18.2 Å². The number of non-ortho nitro benzene ring substituents is 1. The Kier molecular flexibility index (Phi) is 3.22. The van der Waals surface area contributed by atoms with Crippen molar-refractivity contribution in [2.24, 2.45) is 0 Å². The Morgan fingerprint density at radius 2 is 2.31 bits per heavy atom. The molecule has 1 aromatic carbocycles. The second-order valence-corrected chi connectivity index (χ2v) is 2.87. The van der Waals surface area contributed by atoms with Crippen molar-refractivity contribution >= 4 is 17.3 Å². The molecule has 0 aliphatic carbocycles. The summed E-state index contributed by atoms with van der Waals surface area (Å²) in [6.45, 7) is 0.358. The average Bonchev–Trinajstić information content (AvgIpc) is 2.08. The molecule has 70 valence electrons. The molecule has 0 spiro atoms. The van der Waals surface area contributed by atoms with Crippen molar-refractivity contribution in [2.75, 3.05) is 7.11 Å². The first kappa shape index (κ1) is 9.95. The van der Waals surface area contributed by atoms with Crippen molar-refractivity contribution in [3.8, 4) is 0 Å². The number of methoxy groups -OCH3 is 1. The molecule has 5 heteroatoms. The molecule has 0 fully saturated rings. The van der Waals surface area contributed by atoms with Crippen LogP contribution in [0.5, 0.6) is 0 Å². The van der Waals surface area contributed by atoms with Crippen molar-refractivity contribution in [3.05, 3.63) is 38.9 Å². The highest BCUT2D eigenvalue weighted by Crippen LogP contribution is 2.22. The largest absolute Gasteiger partial charge is 0.380 e. The summed E-state index contributed by atoms with van der Waals surface area (Å²) < 4.78 is 4.85. The van der Waals surface area contributed by atoms with E-state index in [1.165, 1.54) is 19.2 Å². The van der Waals surface area contributed by atoms with Gasteiger partial charge in [-0.15, -0.1) is 0 Å². The Bertz CT molecular complexity index is 327. The van der Waals surface area contributed by atoms with Crippen LogP contribution >= 0.6 is 11.6 Å². The minimum absolute atomic E-state index is 0.00940. The molecule has 0 saturated heterocycles. The summed E-state index contributed by atoms with van der Waals surface area (Å²) in [5, 5.41) is 10.7. The van der Waals surface area contributed by atoms with Crippen LogP contribution in [0.2, 0.25) is 5.02 Å². The topological polar surface area (TPSA) is 52.4 Å². The first-order chi connectivity index (χ1) is 6.15. The first-order valence-corrected chi connectivity index (χ1v) is 3.94. The van der Waals surface area contributed by atoms with E-state index in [0.717, 1.165) is 5.56 Å². The predicted octanol–water partition coefficient (Wildman–Crippen LogP) is 2.39. The van der Waals surface area contributed by atoms with E-state index in [9.17, 15) is 10.1 Å². The first-order valence-electron chi connectivity index (χ1n) is 3.57. The van der Waals surface area contributed by atoms with Gasteiger partial charge in [0.25, 0.3) is 5.69 Å². The molecule has 0 aromatic heterocycles. The molecule has 0 aliphatic heterocycles. The third kappa shape index (κ3) is 2.40. The predicted molar refractivity (Wildman–Crippen MR) is 48.8 cm³/mol. The lowest BCUT2D eigenvalue weighted by Gasteiger charge is -2.01. The average molecular weight is 202 g/mol. The SMILES string of the molecule is COCc1ccc([N+](=O)[O-])cc1Cl. The quantitative estimate of drug-likeness (QED) is 0.557. The van der Waals surface area contributed by atoms with E-state index in [1.54, 1.807) is 6.07 Å². The van der Waals surface area contributed by atoms with Crippen molar-refractivity contribution in [1.82, 2.24) is 0 Å². The maximum atomic E-state index is 10.3. The number of nitro benzene ring substituents is 1. The molecule has 0 unspecified atom stereocenters. The van der Waals surface area contributed by atoms with E-state index in [-0.39, 0.29) is 5.69 Å². The third-order valence-electron chi connectivity index (χ3n) is 1.55. The Balaban J connectivity index is 2.98. The number of nitrogens with zero attached hydrogens (tertiary/aromatic N) is 1. The van der Waals surface area contributed by atoms with Crippen molar-refractivity contribution < 1.29 is 9.66 Å². The normalized spacial score (nSPS) is 10.0. The van der Waals surface area contributed by atoms with Crippen LogP contribution in [0.4, 0.5) is 5.69 Å². The summed E-state index contributed by atoms with van der Waals surface area (Å²) in [4.78, 5) is 9.85. The summed E-state index contributed by atoms with van der Waals surface area (Å²) in [6, 6.07) is 4.31. The second-order valence-electron chi connectivity index (χ2n) is 2.47. The van der Waals surface area contributed by atoms with Crippen LogP contribution in [0, 0.1) is 10.1 Å². The highest BCUT2D eigenvalue weighted by Gasteiger charge is 2.08. The second kappa shape index (κ2) is 4.20. The highest BCUT2D eigenvalue weighted by atomic mass is 35.5. The molecule has 13 heavy (non-hydrogen) atoms. The Morgan fingerprint density at radius 1 is 1.62 bits per heavy atom. The van der Waals surface area contributed by atoms with Crippen LogP contribution in [0.25, 0.3) is 0 Å². The molecule has 0 radical (unpaired) electrons. The van der Waals surface area contributed by atoms with Gasteiger partial charge >= 0.3 is 0 Å². The maximum Gasteiger partial charge on any atom is 0.270 e. The Hall–Kier alpha value is -1.13. The van der Waals surface area contributed by atoms with Gasteiger partial charge in [0.05, 0.1) is 16.6 Å². The summed E-state index contributed by atoms with van der Waals surface area (Å²) in [5.41, 5.74) is 0.736. The van der Waals surface area contributed by atoms with Gasteiger partial charge in [-0.25, -0.2) is 0 Å². The summed E-state index contributed by atoms with van der Waals surface area (Å²) >= 11 is 5.77. The number of halogens is 1. The lowest BCUT2D eigenvalue weighted by Crippen LogP contribution is -1.92. The fraction of sp³-hybridized carbons (Fsp3) is 0.250. The van der Waals surface area contributed by atoms with E-state index >= 15 is 0 Å². The van der Waals surface area contributed by atoms with Gasteiger partial charge in [0.2, 0.25) is 0 Å². The van der Waals surface area contributed by atoms with Gasteiger partial charge in [-0.05, 0) is 11.6 Å². The molecule has 0 saturated carbocycles. The standard InChI is InChI=1S/C8H8ClNO3/c1-13-5-6-2-3-7(10(11)12)4-8(6)9/h2-4H,5H2,1H3. The smallest absolute Gasteiger partial charge is 0.270 e. The number of nitro groups is 1. The van der Waals surface area contributed by atoms with Gasteiger partial charge in [-0.3, -0.25) is 10.1 Å². The molecule has 0 atom stereocenters. The summed E-state index contributed by atoms with van der Waals surface area (Å²) in [5.74, 6) is 0. The lowest BCUT2D eigenvalue weighted by atomic mass is 10.2. The minimum Gasteiger partial charge on any atom is -0.380 e. The lowest BCUT2D eigenvalue weighted by molar-refractivity contribution is -0.384. The monoisotopic (exact) mass is 201 g/mol. The van der Waals surface area contributed by atoms with E-state index in [1.807, 2.05) is 0 Å². The zero-order chi connectivity index (χ0) is 9.84. The van der Waals surface area contributed by atoms with Crippen LogP contribution < -0.4 is 0 Å². The van der Waals surface area contributed by atoms with Crippen LogP contribution in [-0.2, 0) is 11.3 Å². The molecular weight excluding hydrogens is 194 g/mol. The molecule has 0 heterocycles. The fourth-order valence-electron chi connectivity index (χ4n) is 0.922. The van der Waals surface area contributed by atoms with Crippen LogP contribution in [-0.4, -0.2) is 12.0 Å². The molecule has 4 nitrogen and oxygen atoms in total. The number of rotatable bonds is 3. The summed E-state index contributed by atoms with van der Waals surface area (Å²) in [7, 11) is 1.54. The van der Waals surface area contributed by atoms with Gasteiger partial charge in [-0.2, -0.15) is 0 Å². The van der Waals surface area contributed by atoms with E-state index in [4.69, 9.17) is 16.3 Å². The zero-order valence-electron chi connectivity index (χ0n) is 6.99. The Morgan fingerprint density at radius 3 is 2.77 bits per heavy atom. The molecule has 0 aliphatic rings. The molecule has 1 rings (SSSR count). The number of ether oxygens (including phenoxy) is 1. The minimum atomic E-state index is -0.484. The van der Waals surface area contributed by atoms with Crippen molar-refractivity contribution in [2.45, 2.75) is 6.61 Å². The van der Waals surface area contributed by atoms with Gasteiger partial charge in [0.1, 0.15) is 0 Å². The fourth-order valence-corrected chi connectivity index (χ4v) is 1.15. The number of benzene rings is 1. The van der Waals surface area contributed by atoms with E-state index < -0.39 is 4.92 Å². The summed E-state index contributed by atoms with van der Waals surface area (Å²) in [6.07, 6.45) is 0. The molecule has 0 N–H and O–H groups in total. The van der Waals surface area contributed by atoms with E-state index in [2.05, 4.69) is 0 Å². The van der Waals surface area contributed by atoms with Gasteiger partial charge in [-0.1, -0.05) is 11.6 Å². The van der Waals surface area contributed by atoms with Crippen molar-refractivity contribution in [1.29, 1.82) is 0 Å². The molecule has 0 bridgehead atoms. The third-order valence-corrected chi connectivity index (χ3v) is 1.90. The molecular formula is C8H8ClNO3. The number of hydrogen-bond acceptors (Lipinski definition) is 3. The van der Waals surface area contributed by atoms with E-state index in [0.29, 0.717) is 11.6 Å². The Labute approximate surface area is 80.2 Å². The van der Waals surface area contributed by atoms with Gasteiger partial charge in [0, 0.05) is 19.2 Å². The van der Waals surface area contributed by atoms with Crippen LogP contribution in [0.3, 0.4) is 0 Å². The van der Waals surface area contributed by atoms with Crippen LogP contribution in [0.1, 0.15) is 5.56 Å². The zero-order valence-corrected chi connectivity index (χ0v) is 7.75. The van der Waals surface area contributed by atoms with Gasteiger partial charge in [0.15, 0.2) is 0 Å². The number of hydrogen-bond donors (Lipinski definition) is 0. The molecule has 0 amide bonds. The van der Waals surface area contributed by atoms with Crippen molar-refractivity contribution in [3.63, 3.8) is 0 Å². The maximum absolute atomic E-state index is 10.3. The van der Waals surface area contributed by atoms with Gasteiger partial charge < -0.3 is 4.74 Å². The highest BCUT2D eigenvalue weighted by molar-refractivity contribution is 6.31. The molecule has 1 aromatic rings.